The van der Waals surface area contributed by atoms with Gasteiger partial charge in [-0.05, 0) is 34.0 Å². The molecule has 0 saturated carbocycles. The van der Waals surface area contributed by atoms with E-state index in [-0.39, 0.29) is 0 Å². The maximum atomic E-state index is 5.00. The molecule has 36 heavy (non-hydrogen) atoms. The average Bonchev–Trinajstić information content (AvgIpc) is 2.97. The van der Waals surface area contributed by atoms with Crippen LogP contribution in [0, 0.1) is 0 Å². The van der Waals surface area contributed by atoms with Crippen LogP contribution in [0.4, 0.5) is 0 Å². The molecule has 3 aromatic heterocycles. The number of pyridine rings is 2. The first kappa shape index (κ1) is 20.4. The number of aromatic nitrogens is 4. The van der Waals surface area contributed by atoms with Gasteiger partial charge < -0.3 is 0 Å². The first-order chi connectivity index (χ1) is 17.8. The van der Waals surface area contributed by atoms with Crippen LogP contribution in [0.1, 0.15) is 0 Å². The molecule has 4 nitrogen and oxygen atoms in total. The van der Waals surface area contributed by atoms with Crippen LogP contribution in [0.15, 0.2) is 122 Å². The summed E-state index contributed by atoms with van der Waals surface area (Å²) >= 11 is 0. The fourth-order valence-electron chi connectivity index (χ4n) is 4.92. The number of nitrogens with zero attached hydrogens (tertiary/aromatic N) is 4. The molecular formula is C32H20N4. The highest BCUT2D eigenvalue weighted by Crippen LogP contribution is 2.35. The van der Waals surface area contributed by atoms with Gasteiger partial charge in [-0.1, -0.05) is 84.9 Å². The van der Waals surface area contributed by atoms with Gasteiger partial charge in [-0.25, -0.2) is 4.98 Å². The van der Waals surface area contributed by atoms with E-state index in [9.17, 15) is 0 Å². The summed E-state index contributed by atoms with van der Waals surface area (Å²) in [6.45, 7) is 0. The zero-order valence-corrected chi connectivity index (χ0v) is 19.3. The molecule has 0 bridgehead atoms. The van der Waals surface area contributed by atoms with Gasteiger partial charge in [0.2, 0.25) is 0 Å². The summed E-state index contributed by atoms with van der Waals surface area (Å²) in [6, 6.07) is 33.9. The Morgan fingerprint density at radius 1 is 0.444 bits per heavy atom. The summed E-state index contributed by atoms with van der Waals surface area (Å²) in [7, 11) is 0. The number of benzene rings is 4. The van der Waals surface area contributed by atoms with Gasteiger partial charge in [-0.2, -0.15) is 0 Å². The van der Waals surface area contributed by atoms with E-state index in [0.29, 0.717) is 0 Å². The monoisotopic (exact) mass is 460 g/mol. The highest BCUT2D eigenvalue weighted by molar-refractivity contribution is 6.05. The normalized spacial score (nSPS) is 11.3. The Morgan fingerprint density at radius 3 is 1.97 bits per heavy atom. The Labute approximate surface area is 208 Å². The number of rotatable bonds is 3. The molecular weight excluding hydrogens is 440 g/mol. The third kappa shape index (κ3) is 3.39. The Balaban J connectivity index is 1.31. The predicted molar refractivity (Wildman–Crippen MR) is 146 cm³/mol. The third-order valence-electron chi connectivity index (χ3n) is 6.69. The van der Waals surface area contributed by atoms with Crippen molar-refractivity contribution in [2.45, 2.75) is 0 Å². The van der Waals surface area contributed by atoms with E-state index >= 15 is 0 Å². The molecule has 168 valence electrons. The molecule has 4 heteroatoms. The summed E-state index contributed by atoms with van der Waals surface area (Å²) in [5.74, 6) is 0. The molecule has 0 fully saturated rings. The Kier molecular flexibility index (Phi) is 4.74. The predicted octanol–water partition coefficient (Wildman–Crippen LogP) is 7.73. The van der Waals surface area contributed by atoms with Gasteiger partial charge in [0, 0.05) is 40.5 Å². The largest absolute Gasteiger partial charge is 0.261 e. The first-order valence-electron chi connectivity index (χ1n) is 11.9. The van der Waals surface area contributed by atoms with Crippen LogP contribution in [0.5, 0.6) is 0 Å². The lowest BCUT2D eigenvalue weighted by Gasteiger charge is -2.12. The quantitative estimate of drug-likeness (QED) is 0.253. The van der Waals surface area contributed by atoms with Crippen molar-refractivity contribution < 1.29 is 0 Å². The van der Waals surface area contributed by atoms with Crippen LogP contribution in [0.2, 0.25) is 0 Å². The minimum absolute atomic E-state index is 0.875. The van der Waals surface area contributed by atoms with Crippen LogP contribution in [-0.2, 0) is 0 Å². The molecule has 4 aromatic carbocycles. The van der Waals surface area contributed by atoms with Crippen molar-refractivity contribution in [1.82, 2.24) is 19.9 Å². The molecule has 7 rings (SSSR count). The van der Waals surface area contributed by atoms with Crippen LogP contribution >= 0.6 is 0 Å². The maximum absolute atomic E-state index is 5.00. The van der Waals surface area contributed by atoms with E-state index in [1.54, 1.807) is 12.4 Å². The van der Waals surface area contributed by atoms with E-state index in [2.05, 4.69) is 106 Å². The zero-order valence-electron chi connectivity index (χ0n) is 19.3. The second kappa shape index (κ2) is 8.36. The third-order valence-corrected chi connectivity index (χ3v) is 6.69. The molecule has 3 heterocycles. The van der Waals surface area contributed by atoms with Gasteiger partial charge in [0.25, 0.3) is 0 Å². The van der Waals surface area contributed by atoms with E-state index in [1.165, 1.54) is 10.9 Å². The van der Waals surface area contributed by atoms with Crippen LogP contribution in [0.25, 0.3) is 66.2 Å². The van der Waals surface area contributed by atoms with Crippen molar-refractivity contribution in [2.24, 2.45) is 0 Å². The van der Waals surface area contributed by atoms with Crippen molar-refractivity contribution >= 4 is 32.6 Å². The summed E-state index contributed by atoms with van der Waals surface area (Å²) in [5, 5.41) is 4.54. The number of fused-ring (bicyclic) bond motifs is 4. The van der Waals surface area contributed by atoms with Crippen molar-refractivity contribution in [1.29, 1.82) is 0 Å². The van der Waals surface area contributed by atoms with Crippen molar-refractivity contribution in [3.05, 3.63) is 122 Å². The number of hydrogen-bond acceptors (Lipinski definition) is 4. The van der Waals surface area contributed by atoms with Gasteiger partial charge in [0.05, 0.1) is 28.6 Å². The van der Waals surface area contributed by atoms with Gasteiger partial charge in [0.15, 0.2) is 0 Å². The first-order valence-corrected chi connectivity index (χ1v) is 11.9. The van der Waals surface area contributed by atoms with E-state index in [1.807, 2.05) is 18.5 Å². The van der Waals surface area contributed by atoms with Crippen LogP contribution in [0.3, 0.4) is 0 Å². The number of hydrogen-bond donors (Lipinski definition) is 0. The summed E-state index contributed by atoms with van der Waals surface area (Å²) < 4.78 is 0. The van der Waals surface area contributed by atoms with Gasteiger partial charge >= 0.3 is 0 Å². The van der Waals surface area contributed by atoms with Crippen molar-refractivity contribution in [2.75, 3.05) is 0 Å². The molecule has 0 unspecified atom stereocenters. The fraction of sp³-hybridized carbons (Fsp3) is 0. The Hall–Kier alpha value is -4.96. The lowest BCUT2D eigenvalue weighted by Crippen LogP contribution is -1.90. The molecule has 0 saturated heterocycles. The van der Waals surface area contributed by atoms with E-state index in [0.717, 1.165) is 55.3 Å². The molecule has 0 aliphatic heterocycles. The fourth-order valence-corrected chi connectivity index (χ4v) is 4.92. The molecule has 7 aromatic rings. The van der Waals surface area contributed by atoms with Crippen molar-refractivity contribution in [3.63, 3.8) is 0 Å². The average molecular weight is 461 g/mol. The van der Waals surface area contributed by atoms with Crippen molar-refractivity contribution in [3.8, 4) is 33.6 Å². The molecule has 0 amide bonds. The minimum Gasteiger partial charge on any atom is -0.261 e. The second-order valence-corrected chi connectivity index (χ2v) is 8.78. The Morgan fingerprint density at radius 2 is 1.17 bits per heavy atom. The zero-order chi connectivity index (χ0) is 23.9. The second-order valence-electron chi connectivity index (χ2n) is 8.78. The van der Waals surface area contributed by atoms with Gasteiger partial charge in [-0.3, -0.25) is 15.0 Å². The molecule has 0 aliphatic carbocycles. The van der Waals surface area contributed by atoms with E-state index < -0.39 is 0 Å². The highest BCUT2D eigenvalue weighted by atomic mass is 14.8. The standard InChI is InChI=1S/C32H20N4/c1-2-6-27-26(5-1)25(14-15-28(27)30-20-33-18-19-34-30)21-7-9-22(10-8-21)29-16-13-24-12-11-23-4-3-17-35-31(23)32(24)36-29/h1-20H. The van der Waals surface area contributed by atoms with Crippen LogP contribution in [-0.4, -0.2) is 19.9 Å². The SMILES string of the molecule is c1cnc2c(c1)ccc1ccc(-c3ccc(-c4ccc(-c5cnccn5)c5ccccc45)cc3)nc12. The topological polar surface area (TPSA) is 51.6 Å². The molecule has 0 aliphatic rings. The summed E-state index contributed by atoms with van der Waals surface area (Å²) in [4.78, 5) is 18.3. The maximum Gasteiger partial charge on any atom is 0.0972 e. The Bertz CT molecular complexity index is 1880. The molecule has 0 spiro atoms. The van der Waals surface area contributed by atoms with E-state index in [4.69, 9.17) is 4.98 Å². The van der Waals surface area contributed by atoms with Crippen LogP contribution < -0.4 is 0 Å². The highest BCUT2D eigenvalue weighted by Gasteiger charge is 2.11. The smallest absolute Gasteiger partial charge is 0.0972 e. The molecule has 0 radical (unpaired) electrons. The minimum atomic E-state index is 0.875. The lowest BCUT2D eigenvalue weighted by molar-refractivity contribution is 1.21. The van der Waals surface area contributed by atoms with Gasteiger partial charge in [-0.15, -0.1) is 0 Å². The summed E-state index contributed by atoms with van der Waals surface area (Å²) in [5.41, 5.74) is 8.19. The van der Waals surface area contributed by atoms with Gasteiger partial charge in [0.1, 0.15) is 0 Å². The lowest BCUT2D eigenvalue weighted by atomic mass is 9.93. The summed E-state index contributed by atoms with van der Waals surface area (Å²) in [6.07, 6.45) is 7.07. The molecule has 0 atom stereocenters. The molecule has 0 N–H and O–H groups in total.